The number of nitrogens with two attached hydrogens (primary N) is 1. The van der Waals surface area contributed by atoms with Crippen molar-refractivity contribution >= 4 is 28.9 Å². The minimum Gasteiger partial charge on any atom is -0.480 e. The molecule has 0 radical (unpaired) electrons. The maximum Gasteiger partial charge on any atom is 0.368 e. The molecule has 0 amide bonds. The molecule has 0 saturated carbocycles. The second-order valence-electron chi connectivity index (χ2n) is 3.77. The number of carboxylic acids is 1. The number of carbonyl (C=O) groups excluding carboxylic acids is 1. The lowest BCUT2D eigenvalue weighted by Crippen LogP contribution is -2.28. The highest BCUT2D eigenvalue weighted by molar-refractivity contribution is 8.12. The standard InChI is InChI=1S/C11H21N3O4S/c1-8(13-7-18-11(17)19-2)14-9(10(15)16)5-3-4-6-12/h9H,3-7,12H2,1-2H3,(H,13,14)(H,15,16)/t9-/m0/s1. The fraction of sp³-hybridized carbons (Fsp3) is 0.727. The van der Waals surface area contributed by atoms with E-state index in [2.05, 4.69) is 10.3 Å². The van der Waals surface area contributed by atoms with Crippen LogP contribution < -0.4 is 11.1 Å². The largest absolute Gasteiger partial charge is 0.480 e. The monoisotopic (exact) mass is 291 g/mol. The van der Waals surface area contributed by atoms with Crippen molar-refractivity contribution < 1.29 is 19.4 Å². The van der Waals surface area contributed by atoms with Gasteiger partial charge in [0.25, 0.3) is 0 Å². The van der Waals surface area contributed by atoms with Crippen LogP contribution in [-0.2, 0) is 9.53 Å². The van der Waals surface area contributed by atoms with Crippen molar-refractivity contribution in [3.05, 3.63) is 0 Å². The van der Waals surface area contributed by atoms with Crippen LogP contribution in [-0.4, -0.2) is 47.8 Å². The Morgan fingerprint density at radius 2 is 2.16 bits per heavy atom. The van der Waals surface area contributed by atoms with Crippen LogP contribution in [0.3, 0.4) is 0 Å². The molecule has 0 aromatic carbocycles. The molecule has 1 atom stereocenters. The van der Waals surface area contributed by atoms with Crippen molar-refractivity contribution in [2.24, 2.45) is 10.7 Å². The molecular formula is C11H21N3O4S. The zero-order valence-electron chi connectivity index (χ0n) is 11.2. The lowest BCUT2D eigenvalue weighted by molar-refractivity contribution is -0.138. The first kappa shape index (κ1) is 17.7. The van der Waals surface area contributed by atoms with Crippen molar-refractivity contribution in [1.82, 2.24) is 5.32 Å². The number of carboxylic acid groups (broad SMARTS) is 1. The third kappa shape index (κ3) is 9.32. The van der Waals surface area contributed by atoms with Crippen LogP contribution in [0.25, 0.3) is 0 Å². The van der Waals surface area contributed by atoms with E-state index < -0.39 is 17.3 Å². The number of ether oxygens (including phenoxy) is 1. The summed E-state index contributed by atoms with van der Waals surface area (Å²) < 4.78 is 4.77. The smallest absolute Gasteiger partial charge is 0.368 e. The van der Waals surface area contributed by atoms with Gasteiger partial charge in [0.15, 0.2) is 6.73 Å². The molecule has 0 spiro atoms. The third-order valence-corrected chi connectivity index (χ3v) is 2.70. The van der Waals surface area contributed by atoms with Crippen LogP contribution in [0.2, 0.25) is 0 Å². The molecule has 0 bridgehead atoms. The molecule has 7 nitrogen and oxygen atoms in total. The Hall–Kier alpha value is -1.28. The highest BCUT2D eigenvalue weighted by atomic mass is 32.2. The average Bonchev–Trinajstić information content (AvgIpc) is 2.37. The summed E-state index contributed by atoms with van der Waals surface area (Å²) in [4.78, 5) is 25.9. The van der Waals surface area contributed by atoms with Gasteiger partial charge in [-0.3, -0.25) is 4.99 Å². The topological polar surface area (TPSA) is 114 Å². The Morgan fingerprint density at radius 1 is 1.47 bits per heavy atom. The number of nitrogens with one attached hydrogen (secondary N) is 1. The van der Waals surface area contributed by atoms with Crippen LogP contribution in [0.15, 0.2) is 4.99 Å². The molecule has 0 rings (SSSR count). The molecule has 0 aliphatic rings. The molecule has 0 aromatic rings. The van der Waals surface area contributed by atoms with Gasteiger partial charge in [0, 0.05) is 0 Å². The van der Waals surface area contributed by atoms with E-state index in [-0.39, 0.29) is 6.73 Å². The number of carbonyl (C=O) groups is 2. The number of nitrogens with zero attached hydrogens (tertiary/aromatic N) is 1. The summed E-state index contributed by atoms with van der Waals surface area (Å²) in [6.07, 6.45) is 3.54. The number of aliphatic imine (C=N–C) groups is 1. The quantitative estimate of drug-likeness (QED) is 0.201. The van der Waals surface area contributed by atoms with E-state index in [9.17, 15) is 9.59 Å². The molecule has 0 fully saturated rings. The number of unbranched alkanes of at least 4 members (excludes halogenated alkanes) is 1. The van der Waals surface area contributed by atoms with Gasteiger partial charge in [0.05, 0.1) is 5.84 Å². The van der Waals surface area contributed by atoms with Gasteiger partial charge in [-0.1, -0.05) is 0 Å². The first-order valence-electron chi connectivity index (χ1n) is 5.93. The van der Waals surface area contributed by atoms with E-state index in [0.717, 1.165) is 18.2 Å². The highest BCUT2D eigenvalue weighted by Crippen LogP contribution is 2.05. The van der Waals surface area contributed by atoms with Crippen molar-refractivity contribution in [1.29, 1.82) is 0 Å². The molecular weight excluding hydrogens is 270 g/mol. The minimum atomic E-state index is -0.973. The maximum atomic E-state index is 11.0. The van der Waals surface area contributed by atoms with Gasteiger partial charge in [-0.25, -0.2) is 9.59 Å². The Balaban J connectivity index is 4.17. The van der Waals surface area contributed by atoms with Gasteiger partial charge in [0.1, 0.15) is 6.04 Å². The van der Waals surface area contributed by atoms with Crippen LogP contribution in [0.4, 0.5) is 4.79 Å². The van der Waals surface area contributed by atoms with Crippen LogP contribution >= 0.6 is 11.8 Å². The number of amidine groups is 1. The summed E-state index contributed by atoms with van der Waals surface area (Å²) in [6.45, 7) is 2.15. The normalized spacial score (nSPS) is 12.9. The fourth-order valence-corrected chi connectivity index (χ4v) is 1.44. The highest BCUT2D eigenvalue weighted by Gasteiger charge is 2.15. The molecule has 0 aliphatic carbocycles. The Labute approximate surface area is 117 Å². The number of aliphatic carboxylic acids is 1. The molecule has 110 valence electrons. The van der Waals surface area contributed by atoms with Crippen molar-refractivity contribution in [2.45, 2.75) is 32.2 Å². The SMILES string of the molecule is CSC(=O)OCNC(C)=N[C@@H](CCCCN)C(=O)O. The molecule has 8 heteroatoms. The second-order valence-corrected chi connectivity index (χ2v) is 4.51. The molecule has 0 saturated heterocycles. The third-order valence-electron chi connectivity index (χ3n) is 2.25. The van der Waals surface area contributed by atoms with E-state index in [1.165, 1.54) is 0 Å². The van der Waals surface area contributed by atoms with E-state index in [4.69, 9.17) is 15.6 Å². The average molecular weight is 291 g/mol. The summed E-state index contributed by atoms with van der Waals surface area (Å²) >= 11 is 0.962. The number of hydrogen-bond donors (Lipinski definition) is 3. The molecule has 0 heterocycles. The fourth-order valence-electron chi connectivity index (χ4n) is 1.26. The summed E-state index contributed by atoms with van der Waals surface area (Å²) in [7, 11) is 0. The molecule has 0 aliphatic heterocycles. The molecule has 19 heavy (non-hydrogen) atoms. The van der Waals surface area contributed by atoms with Gasteiger partial charge in [-0.2, -0.15) is 0 Å². The van der Waals surface area contributed by atoms with E-state index in [1.54, 1.807) is 13.2 Å². The summed E-state index contributed by atoms with van der Waals surface area (Å²) in [5.74, 6) is -0.548. The van der Waals surface area contributed by atoms with Crippen LogP contribution in [0.5, 0.6) is 0 Å². The number of hydrogen-bond acceptors (Lipinski definition) is 6. The van der Waals surface area contributed by atoms with Crippen molar-refractivity contribution in [3.63, 3.8) is 0 Å². The van der Waals surface area contributed by atoms with Crippen molar-refractivity contribution in [2.75, 3.05) is 19.5 Å². The van der Waals surface area contributed by atoms with Gasteiger partial charge in [0.2, 0.25) is 0 Å². The first-order chi connectivity index (χ1) is 9.01. The first-order valence-corrected chi connectivity index (χ1v) is 7.15. The predicted octanol–water partition coefficient (Wildman–Crippen LogP) is 1.03. The van der Waals surface area contributed by atoms with E-state index >= 15 is 0 Å². The van der Waals surface area contributed by atoms with Gasteiger partial charge in [-0.05, 0) is 50.7 Å². The van der Waals surface area contributed by atoms with E-state index in [1.807, 2.05) is 0 Å². The number of thioether (sulfide) groups is 1. The minimum absolute atomic E-state index is 0.0237. The van der Waals surface area contributed by atoms with Gasteiger partial charge < -0.3 is 20.9 Å². The molecule has 0 unspecified atom stereocenters. The summed E-state index contributed by atoms with van der Waals surface area (Å²) in [5, 5.41) is 11.3. The van der Waals surface area contributed by atoms with Crippen LogP contribution in [0, 0.1) is 0 Å². The van der Waals surface area contributed by atoms with Gasteiger partial charge >= 0.3 is 11.3 Å². The number of rotatable bonds is 8. The Bertz CT molecular complexity index is 323. The molecule has 0 aromatic heterocycles. The zero-order chi connectivity index (χ0) is 14.7. The lowest BCUT2D eigenvalue weighted by Gasteiger charge is -2.10. The maximum absolute atomic E-state index is 11.0. The van der Waals surface area contributed by atoms with Crippen molar-refractivity contribution in [3.8, 4) is 0 Å². The Morgan fingerprint density at radius 3 is 2.68 bits per heavy atom. The predicted molar refractivity (Wildman–Crippen MR) is 75.4 cm³/mol. The Kier molecular flexibility index (Phi) is 9.91. The molecule has 4 N–H and O–H groups in total. The van der Waals surface area contributed by atoms with Crippen LogP contribution in [0.1, 0.15) is 26.2 Å². The lowest BCUT2D eigenvalue weighted by atomic mass is 10.1. The zero-order valence-corrected chi connectivity index (χ0v) is 12.0. The summed E-state index contributed by atoms with van der Waals surface area (Å²) in [5.41, 5.74) is 5.35. The van der Waals surface area contributed by atoms with Gasteiger partial charge in [-0.15, -0.1) is 0 Å². The van der Waals surface area contributed by atoms with E-state index in [0.29, 0.717) is 25.2 Å². The second kappa shape index (κ2) is 10.6. The summed E-state index contributed by atoms with van der Waals surface area (Å²) in [6, 6.07) is -0.796.